The topological polar surface area (TPSA) is 66.8 Å². The Bertz CT molecular complexity index is 828. The number of benzene rings is 1. The summed E-state index contributed by atoms with van der Waals surface area (Å²) in [6.07, 6.45) is 3.28. The van der Waals surface area contributed by atoms with Crippen molar-refractivity contribution in [3.63, 3.8) is 0 Å². The van der Waals surface area contributed by atoms with Crippen LogP contribution in [0.15, 0.2) is 30.6 Å². The fourth-order valence-electron chi connectivity index (χ4n) is 2.22. The van der Waals surface area contributed by atoms with Crippen molar-refractivity contribution in [3.05, 3.63) is 41.7 Å². The molecule has 3 aromatic rings. The average Bonchev–Trinajstić information content (AvgIpc) is 2.49. The molecule has 0 aliphatic carbocycles. The minimum absolute atomic E-state index is 0.577. The molecule has 6 nitrogen and oxygen atoms in total. The molecule has 112 valence electrons. The van der Waals surface area contributed by atoms with Gasteiger partial charge in [-0.05, 0) is 25.5 Å². The van der Waals surface area contributed by atoms with Gasteiger partial charge in [0.25, 0.3) is 0 Å². The monoisotopic (exact) mass is 294 g/mol. The van der Waals surface area contributed by atoms with Crippen LogP contribution in [0.2, 0.25) is 0 Å². The van der Waals surface area contributed by atoms with Crippen LogP contribution in [0.4, 0.5) is 17.5 Å². The van der Waals surface area contributed by atoms with Gasteiger partial charge >= 0.3 is 0 Å². The van der Waals surface area contributed by atoms with Crippen LogP contribution in [0.1, 0.15) is 11.1 Å². The minimum Gasteiger partial charge on any atom is -0.347 e. The molecule has 22 heavy (non-hydrogen) atoms. The molecule has 1 N–H and O–H groups in total. The zero-order valence-corrected chi connectivity index (χ0v) is 13.1. The van der Waals surface area contributed by atoms with Crippen LogP contribution < -0.4 is 10.2 Å². The second-order valence-electron chi connectivity index (χ2n) is 5.44. The largest absolute Gasteiger partial charge is 0.347 e. The molecule has 0 bridgehead atoms. The van der Waals surface area contributed by atoms with Crippen molar-refractivity contribution >= 4 is 28.6 Å². The zero-order chi connectivity index (χ0) is 15.7. The molecule has 0 atom stereocenters. The molecule has 3 rings (SSSR count). The first-order valence-corrected chi connectivity index (χ1v) is 7.05. The molecule has 0 spiro atoms. The molecular weight excluding hydrogens is 276 g/mol. The van der Waals surface area contributed by atoms with Crippen LogP contribution in [-0.4, -0.2) is 34.0 Å². The quantitative estimate of drug-likeness (QED) is 0.801. The minimum atomic E-state index is 0.577. The summed E-state index contributed by atoms with van der Waals surface area (Å²) in [6, 6.07) is 6.24. The van der Waals surface area contributed by atoms with Crippen LogP contribution in [0.5, 0.6) is 0 Å². The SMILES string of the molecule is Cc1ccc(Nc2nc(N(C)C)nc3nccnc23)c(C)c1. The first-order chi connectivity index (χ1) is 10.5. The zero-order valence-electron chi connectivity index (χ0n) is 13.1. The smallest absolute Gasteiger partial charge is 0.228 e. The Labute approximate surface area is 129 Å². The third kappa shape index (κ3) is 2.67. The van der Waals surface area contributed by atoms with Crippen LogP contribution in [-0.2, 0) is 0 Å². The number of nitrogens with zero attached hydrogens (tertiary/aromatic N) is 5. The Hall–Kier alpha value is -2.76. The molecule has 0 aliphatic heterocycles. The van der Waals surface area contributed by atoms with Gasteiger partial charge < -0.3 is 10.2 Å². The number of rotatable bonds is 3. The molecule has 0 aliphatic rings. The third-order valence-electron chi connectivity index (χ3n) is 3.36. The van der Waals surface area contributed by atoms with Gasteiger partial charge in [-0.2, -0.15) is 9.97 Å². The highest BCUT2D eigenvalue weighted by molar-refractivity contribution is 5.86. The lowest BCUT2D eigenvalue weighted by atomic mass is 10.1. The number of nitrogens with one attached hydrogen (secondary N) is 1. The van der Waals surface area contributed by atoms with Gasteiger partial charge in [-0.3, -0.25) is 0 Å². The van der Waals surface area contributed by atoms with Crippen molar-refractivity contribution in [1.82, 2.24) is 19.9 Å². The van der Waals surface area contributed by atoms with Crippen molar-refractivity contribution in [2.45, 2.75) is 13.8 Å². The lowest BCUT2D eigenvalue weighted by Gasteiger charge is -2.15. The van der Waals surface area contributed by atoms with Gasteiger partial charge in [0.2, 0.25) is 5.95 Å². The standard InChI is InChI=1S/C16H18N6/c1-10-5-6-12(11(2)9-10)19-15-13-14(18-8-7-17-13)20-16(21-15)22(3)4/h5-9H,1-4H3,(H,18,19,20,21). The number of anilines is 3. The van der Waals surface area contributed by atoms with E-state index in [1.165, 1.54) is 5.56 Å². The molecule has 2 heterocycles. The van der Waals surface area contributed by atoms with Gasteiger partial charge in [0.15, 0.2) is 17.0 Å². The van der Waals surface area contributed by atoms with Gasteiger partial charge in [0, 0.05) is 32.2 Å². The number of hydrogen-bond acceptors (Lipinski definition) is 6. The van der Waals surface area contributed by atoms with Crippen molar-refractivity contribution in [2.75, 3.05) is 24.3 Å². The van der Waals surface area contributed by atoms with E-state index < -0.39 is 0 Å². The maximum Gasteiger partial charge on any atom is 0.228 e. The summed E-state index contributed by atoms with van der Waals surface area (Å²) < 4.78 is 0. The van der Waals surface area contributed by atoms with Gasteiger partial charge in [-0.15, -0.1) is 0 Å². The second-order valence-corrected chi connectivity index (χ2v) is 5.44. The molecule has 0 fully saturated rings. The summed E-state index contributed by atoms with van der Waals surface area (Å²) in [4.78, 5) is 19.5. The Balaban J connectivity index is 2.12. The van der Waals surface area contributed by atoms with E-state index >= 15 is 0 Å². The van der Waals surface area contributed by atoms with Gasteiger partial charge in [0.05, 0.1) is 0 Å². The van der Waals surface area contributed by atoms with Crippen molar-refractivity contribution in [3.8, 4) is 0 Å². The van der Waals surface area contributed by atoms with Crippen LogP contribution in [0.3, 0.4) is 0 Å². The first-order valence-electron chi connectivity index (χ1n) is 7.05. The highest BCUT2D eigenvalue weighted by Gasteiger charge is 2.12. The molecule has 0 saturated carbocycles. The molecular formula is C16H18N6. The number of hydrogen-bond donors (Lipinski definition) is 1. The van der Waals surface area contributed by atoms with Crippen molar-refractivity contribution in [1.29, 1.82) is 0 Å². The van der Waals surface area contributed by atoms with E-state index in [9.17, 15) is 0 Å². The summed E-state index contributed by atoms with van der Waals surface area (Å²) in [5.74, 6) is 1.26. The number of aryl methyl sites for hydroxylation is 2. The van der Waals surface area contributed by atoms with Crippen LogP contribution >= 0.6 is 0 Å². The lowest BCUT2D eigenvalue weighted by molar-refractivity contribution is 1.01. The summed E-state index contributed by atoms with van der Waals surface area (Å²) in [5.41, 5.74) is 4.62. The van der Waals surface area contributed by atoms with E-state index in [1.807, 2.05) is 25.1 Å². The predicted octanol–water partition coefficient (Wildman–Crippen LogP) is 2.85. The van der Waals surface area contributed by atoms with E-state index in [2.05, 4.69) is 51.2 Å². The van der Waals surface area contributed by atoms with E-state index in [0.717, 1.165) is 11.3 Å². The van der Waals surface area contributed by atoms with Crippen molar-refractivity contribution < 1.29 is 0 Å². The Morgan fingerprint density at radius 3 is 2.50 bits per heavy atom. The van der Waals surface area contributed by atoms with Crippen LogP contribution in [0.25, 0.3) is 11.2 Å². The Morgan fingerprint density at radius 2 is 1.77 bits per heavy atom. The molecule has 6 heteroatoms. The number of fused-ring (bicyclic) bond motifs is 1. The predicted molar refractivity (Wildman–Crippen MR) is 88.7 cm³/mol. The van der Waals surface area contributed by atoms with Crippen molar-refractivity contribution in [2.24, 2.45) is 0 Å². The van der Waals surface area contributed by atoms with E-state index in [0.29, 0.717) is 22.9 Å². The maximum atomic E-state index is 4.56. The average molecular weight is 294 g/mol. The highest BCUT2D eigenvalue weighted by Crippen LogP contribution is 2.25. The fourth-order valence-corrected chi connectivity index (χ4v) is 2.22. The first kappa shape index (κ1) is 14.2. The van der Waals surface area contributed by atoms with Gasteiger partial charge in [-0.1, -0.05) is 17.7 Å². The van der Waals surface area contributed by atoms with E-state index in [1.54, 1.807) is 12.4 Å². The Kier molecular flexibility index (Phi) is 3.58. The van der Waals surface area contributed by atoms with Gasteiger partial charge in [-0.25, -0.2) is 9.97 Å². The molecule has 2 aromatic heterocycles. The number of aromatic nitrogens is 4. The molecule has 0 radical (unpaired) electrons. The summed E-state index contributed by atoms with van der Waals surface area (Å²) in [7, 11) is 3.80. The molecule has 0 unspecified atom stereocenters. The second kappa shape index (κ2) is 5.55. The Morgan fingerprint density at radius 1 is 1.00 bits per heavy atom. The normalized spacial score (nSPS) is 10.7. The maximum absolute atomic E-state index is 4.56. The summed E-state index contributed by atoms with van der Waals surface area (Å²) >= 11 is 0. The summed E-state index contributed by atoms with van der Waals surface area (Å²) in [5, 5.41) is 3.36. The lowest BCUT2D eigenvalue weighted by Crippen LogP contribution is -2.14. The fraction of sp³-hybridized carbons (Fsp3) is 0.250. The molecule has 0 saturated heterocycles. The summed E-state index contributed by atoms with van der Waals surface area (Å²) in [6.45, 7) is 4.14. The third-order valence-corrected chi connectivity index (χ3v) is 3.36. The highest BCUT2D eigenvalue weighted by atomic mass is 15.2. The van der Waals surface area contributed by atoms with E-state index in [4.69, 9.17) is 0 Å². The van der Waals surface area contributed by atoms with E-state index in [-0.39, 0.29) is 0 Å². The molecule has 0 amide bonds. The molecule has 1 aromatic carbocycles. The van der Waals surface area contributed by atoms with Gasteiger partial charge in [0.1, 0.15) is 0 Å². The van der Waals surface area contributed by atoms with Crippen LogP contribution in [0, 0.1) is 13.8 Å².